The molecular formula is C8H6BrN3O2. The maximum Gasteiger partial charge on any atom is 0.341 e. The molecule has 0 saturated carbocycles. The first kappa shape index (κ1) is 9.14. The summed E-state index contributed by atoms with van der Waals surface area (Å²) in [5, 5.41) is 4.08. The van der Waals surface area contributed by atoms with Gasteiger partial charge in [-0.15, -0.1) is 0 Å². The number of hydrogen-bond acceptors (Lipinski definition) is 4. The molecule has 2 rings (SSSR count). The Morgan fingerprint density at radius 1 is 1.64 bits per heavy atom. The highest BCUT2D eigenvalue weighted by atomic mass is 79.9. The standard InChI is InChI=1S/C8H6BrN3O2/c1-14-8(13)5-4-6(9)11-12-3-2-10-7(5)12/h2-4H,1H3. The number of ether oxygens (including phenoxy) is 1. The van der Waals surface area contributed by atoms with Crippen LogP contribution in [-0.2, 0) is 4.74 Å². The summed E-state index contributed by atoms with van der Waals surface area (Å²) in [6, 6.07) is 1.58. The molecule has 0 radical (unpaired) electrons. The molecule has 6 heteroatoms. The van der Waals surface area contributed by atoms with Crippen molar-refractivity contribution in [2.75, 3.05) is 7.11 Å². The van der Waals surface area contributed by atoms with Crippen molar-refractivity contribution in [2.45, 2.75) is 0 Å². The smallest absolute Gasteiger partial charge is 0.341 e. The Balaban J connectivity index is 2.72. The summed E-state index contributed by atoms with van der Waals surface area (Å²) in [5.41, 5.74) is 0.874. The second-order valence-corrected chi connectivity index (χ2v) is 3.38. The van der Waals surface area contributed by atoms with Crippen LogP contribution in [0.4, 0.5) is 0 Å². The van der Waals surface area contributed by atoms with Gasteiger partial charge in [-0.2, -0.15) is 5.10 Å². The summed E-state index contributed by atoms with van der Waals surface area (Å²) in [7, 11) is 1.33. The molecule has 2 aromatic rings. The average molecular weight is 256 g/mol. The van der Waals surface area contributed by atoms with Gasteiger partial charge in [0.05, 0.1) is 7.11 Å². The third-order valence-corrected chi connectivity index (χ3v) is 2.12. The van der Waals surface area contributed by atoms with Gasteiger partial charge in [-0.1, -0.05) is 0 Å². The normalized spacial score (nSPS) is 10.4. The van der Waals surface area contributed by atoms with Gasteiger partial charge < -0.3 is 4.74 Å². The number of methoxy groups -OCH3 is 1. The van der Waals surface area contributed by atoms with Crippen molar-refractivity contribution in [2.24, 2.45) is 0 Å². The van der Waals surface area contributed by atoms with Crippen LogP contribution in [0.5, 0.6) is 0 Å². The van der Waals surface area contributed by atoms with Gasteiger partial charge in [0.25, 0.3) is 0 Å². The zero-order valence-electron chi connectivity index (χ0n) is 7.27. The molecule has 0 spiro atoms. The molecule has 0 aliphatic rings. The Labute approximate surface area is 87.8 Å². The number of aromatic nitrogens is 3. The molecule has 0 N–H and O–H groups in total. The van der Waals surface area contributed by atoms with E-state index < -0.39 is 5.97 Å². The van der Waals surface area contributed by atoms with E-state index in [1.54, 1.807) is 18.5 Å². The molecule has 0 bridgehead atoms. The van der Waals surface area contributed by atoms with E-state index in [1.165, 1.54) is 11.6 Å². The largest absolute Gasteiger partial charge is 0.465 e. The third kappa shape index (κ3) is 1.37. The van der Waals surface area contributed by atoms with E-state index in [0.717, 1.165) is 0 Å². The molecule has 14 heavy (non-hydrogen) atoms. The summed E-state index contributed by atoms with van der Waals surface area (Å²) in [5.74, 6) is -0.427. The molecular weight excluding hydrogens is 250 g/mol. The Bertz CT molecular complexity index is 494. The fourth-order valence-electron chi connectivity index (χ4n) is 1.15. The summed E-state index contributed by atoms with van der Waals surface area (Å²) < 4.78 is 6.70. The van der Waals surface area contributed by atoms with Crippen LogP contribution in [-0.4, -0.2) is 27.7 Å². The number of halogens is 1. The summed E-state index contributed by atoms with van der Waals surface area (Å²) in [6.45, 7) is 0. The van der Waals surface area contributed by atoms with Crippen molar-refractivity contribution in [1.29, 1.82) is 0 Å². The number of nitrogens with zero attached hydrogens (tertiary/aromatic N) is 3. The Hall–Kier alpha value is -1.43. The molecule has 0 fully saturated rings. The van der Waals surface area contributed by atoms with Crippen LogP contribution in [0, 0.1) is 0 Å². The van der Waals surface area contributed by atoms with E-state index in [9.17, 15) is 4.79 Å². The van der Waals surface area contributed by atoms with Gasteiger partial charge in [-0.05, 0) is 22.0 Å². The number of hydrogen-bond donors (Lipinski definition) is 0. The minimum atomic E-state index is -0.427. The van der Waals surface area contributed by atoms with Gasteiger partial charge in [0.2, 0.25) is 0 Å². The lowest BCUT2D eigenvalue weighted by atomic mass is 10.3. The molecule has 0 amide bonds. The van der Waals surface area contributed by atoms with E-state index >= 15 is 0 Å². The number of imidazole rings is 1. The number of esters is 1. The van der Waals surface area contributed by atoms with Crippen LogP contribution in [0.2, 0.25) is 0 Å². The molecule has 0 aliphatic carbocycles. The molecule has 0 saturated heterocycles. The molecule has 0 aromatic carbocycles. The minimum Gasteiger partial charge on any atom is -0.465 e. The van der Waals surface area contributed by atoms with E-state index in [0.29, 0.717) is 15.8 Å². The van der Waals surface area contributed by atoms with Crippen molar-refractivity contribution < 1.29 is 9.53 Å². The second-order valence-electron chi connectivity index (χ2n) is 2.57. The molecule has 2 heterocycles. The molecule has 0 atom stereocenters. The van der Waals surface area contributed by atoms with Crippen molar-refractivity contribution in [3.63, 3.8) is 0 Å². The maximum atomic E-state index is 11.4. The molecule has 5 nitrogen and oxygen atoms in total. The van der Waals surface area contributed by atoms with Crippen LogP contribution in [0.25, 0.3) is 5.65 Å². The van der Waals surface area contributed by atoms with Crippen LogP contribution < -0.4 is 0 Å². The van der Waals surface area contributed by atoms with Crippen molar-refractivity contribution >= 4 is 27.5 Å². The number of carbonyl (C=O) groups is 1. The molecule has 2 aromatic heterocycles. The first-order valence-electron chi connectivity index (χ1n) is 3.80. The number of rotatable bonds is 1. The van der Waals surface area contributed by atoms with Gasteiger partial charge in [0.15, 0.2) is 5.65 Å². The van der Waals surface area contributed by atoms with Crippen LogP contribution in [0.1, 0.15) is 10.4 Å². The quantitative estimate of drug-likeness (QED) is 0.721. The maximum absolute atomic E-state index is 11.4. The van der Waals surface area contributed by atoms with Crippen molar-refractivity contribution in [3.05, 3.63) is 28.6 Å². The van der Waals surface area contributed by atoms with Gasteiger partial charge in [-0.3, -0.25) is 0 Å². The summed E-state index contributed by atoms with van der Waals surface area (Å²) >= 11 is 3.20. The van der Waals surface area contributed by atoms with Crippen molar-refractivity contribution in [1.82, 2.24) is 14.6 Å². The van der Waals surface area contributed by atoms with Gasteiger partial charge in [0, 0.05) is 12.4 Å². The first-order chi connectivity index (χ1) is 6.72. The fraction of sp³-hybridized carbons (Fsp3) is 0.125. The molecule has 0 aliphatic heterocycles. The Morgan fingerprint density at radius 2 is 2.43 bits per heavy atom. The average Bonchev–Trinajstić information content (AvgIpc) is 2.62. The lowest BCUT2D eigenvalue weighted by Crippen LogP contribution is -2.06. The summed E-state index contributed by atoms with van der Waals surface area (Å²) in [6.07, 6.45) is 3.23. The zero-order valence-corrected chi connectivity index (χ0v) is 8.85. The first-order valence-corrected chi connectivity index (χ1v) is 4.60. The highest BCUT2D eigenvalue weighted by Crippen LogP contribution is 2.14. The van der Waals surface area contributed by atoms with E-state index in [1.807, 2.05) is 0 Å². The van der Waals surface area contributed by atoms with E-state index in [-0.39, 0.29) is 0 Å². The van der Waals surface area contributed by atoms with E-state index in [4.69, 9.17) is 0 Å². The summed E-state index contributed by atoms with van der Waals surface area (Å²) in [4.78, 5) is 15.4. The third-order valence-electron chi connectivity index (χ3n) is 1.73. The van der Waals surface area contributed by atoms with Crippen LogP contribution >= 0.6 is 15.9 Å². The van der Waals surface area contributed by atoms with Crippen LogP contribution in [0.15, 0.2) is 23.1 Å². The number of fused-ring (bicyclic) bond motifs is 1. The van der Waals surface area contributed by atoms with Crippen molar-refractivity contribution in [3.8, 4) is 0 Å². The highest BCUT2D eigenvalue weighted by molar-refractivity contribution is 9.10. The number of carbonyl (C=O) groups excluding carboxylic acids is 1. The Kier molecular flexibility index (Phi) is 2.20. The van der Waals surface area contributed by atoms with Gasteiger partial charge in [0.1, 0.15) is 10.2 Å². The predicted molar refractivity (Wildman–Crippen MR) is 52.0 cm³/mol. The van der Waals surface area contributed by atoms with E-state index in [2.05, 4.69) is 30.7 Å². The lowest BCUT2D eigenvalue weighted by molar-refractivity contribution is 0.0602. The zero-order chi connectivity index (χ0) is 10.1. The minimum absolute atomic E-state index is 0.388. The Morgan fingerprint density at radius 3 is 3.14 bits per heavy atom. The predicted octanol–water partition coefficient (Wildman–Crippen LogP) is 1.28. The molecule has 72 valence electrons. The van der Waals surface area contributed by atoms with Crippen LogP contribution in [0.3, 0.4) is 0 Å². The fourth-order valence-corrected chi connectivity index (χ4v) is 1.55. The lowest BCUT2D eigenvalue weighted by Gasteiger charge is -2.01. The SMILES string of the molecule is COC(=O)c1cc(Br)nn2ccnc12. The van der Waals surface area contributed by atoms with Gasteiger partial charge >= 0.3 is 5.97 Å². The second kappa shape index (κ2) is 3.38. The van der Waals surface area contributed by atoms with Gasteiger partial charge in [-0.25, -0.2) is 14.3 Å². The molecule has 0 unspecified atom stereocenters. The topological polar surface area (TPSA) is 56.5 Å². The highest BCUT2D eigenvalue weighted by Gasteiger charge is 2.13. The monoisotopic (exact) mass is 255 g/mol.